The van der Waals surface area contributed by atoms with E-state index in [1.54, 1.807) is 0 Å². The first-order valence-electron chi connectivity index (χ1n) is 7.01. The second kappa shape index (κ2) is 6.53. The number of hydrogen-bond donors (Lipinski definition) is 2. The lowest BCUT2D eigenvalue weighted by Gasteiger charge is -2.38. The Kier molecular flexibility index (Phi) is 5.60. The van der Waals surface area contributed by atoms with Crippen molar-refractivity contribution in [2.45, 2.75) is 52.1 Å². The van der Waals surface area contributed by atoms with Gasteiger partial charge in [-0.05, 0) is 58.8 Å². The van der Waals surface area contributed by atoms with E-state index in [4.69, 9.17) is 0 Å². The largest absolute Gasteiger partial charge is 0.352 e. The second-order valence-electron chi connectivity index (χ2n) is 6.48. The molecule has 1 aliphatic rings. The standard InChI is InChI=1S/C14H29N3O/c1-11(7-10-17(4)5)16-13(18)12-14(2,3)8-6-9-15-12/h11-12,15H,6-10H2,1-5H3,(H,16,18). The van der Waals surface area contributed by atoms with E-state index in [1.807, 2.05) is 0 Å². The normalized spacial score (nSPS) is 24.9. The zero-order chi connectivity index (χ0) is 13.8. The summed E-state index contributed by atoms with van der Waals surface area (Å²) in [6.07, 6.45) is 3.27. The molecule has 0 saturated carbocycles. The van der Waals surface area contributed by atoms with Crippen LogP contribution in [-0.4, -0.2) is 50.1 Å². The molecule has 0 radical (unpaired) electrons. The first-order valence-corrected chi connectivity index (χ1v) is 7.01. The van der Waals surface area contributed by atoms with E-state index in [2.05, 4.69) is 50.4 Å². The summed E-state index contributed by atoms with van der Waals surface area (Å²) in [7, 11) is 4.11. The molecule has 2 unspecified atom stereocenters. The zero-order valence-corrected chi connectivity index (χ0v) is 12.5. The van der Waals surface area contributed by atoms with Gasteiger partial charge in [-0.3, -0.25) is 4.79 Å². The summed E-state index contributed by atoms with van der Waals surface area (Å²) in [5, 5.41) is 6.49. The molecular weight excluding hydrogens is 226 g/mol. The van der Waals surface area contributed by atoms with E-state index in [0.717, 1.165) is 32.4 Å². The topological polar surface area (TPSA) is 44.4 Å². The van der Waals surface area contributed by atoms with Crippen LogP contribution in [0.2, 0.25) is 0 Å². The number of amides is 1. The molecule has 4 heteroatoms. The highest BCUT2D eigenvalue weighted by molar-refractivity contribution is 5.83. The van der Waals surface area contributed by atoms with Gasteiger partial charge in [-0.15, -0.1) is 0 Å². The third-order valence-corrected chi connectivity index (χ3v) is 3.79. The lowest BCUT2D eigenvalue weighted by molar-refractivity contribution is -0.127. The second-order valence-corrected chi connectivity index (χ2v) is 6.48. The third-order valence-electron chi connectivity index (χ3n) is 3.79. The van der Waals surface area contributed by atoms with Crippen molar-refractivity contribution in [3.8, 4) is 0 Å². The van der Waals surface area contributed by atoms with Crippen LogP contribution in [0, 0.1) is 5.41 Å². The molecule has 0 bridgehead atoms. The first kappa shape index (κ1) is 15.4. The molecule has 2 atom stereocenters. The van der Waals surface area contributed by atoms with Crippen LogP contribution in [0.25, 0.3) is 0 Å². The minimum atomic E-state index is -0.0481. The predicted octanol–water partition coefficient (Wildman–Crippen LogP) is 1.22. The van der Waals surface area contributed by atoms with Gasteiger partial charge in [0.1, 0.15) is 0 Å². The minimum absolute atomic E-state index is 0.0481. The highest BCUT2D eigenvalue weighted by Gasteiger charge is 2.37. The maximum Gasteiger partial charge on any atom is 0.237 e. The summed E-state index contributed by atoms with van der Waals surface area (Å²) >= 11 is 0. The number of piperidine rings is 1. The number of carbonyl (C=O) groups excluding carboxylic acids is 1. The SMILES string of the molecule is CC(CCN(C)C)NC(=O)C1NCCCC1(C)C. The summed E-state index contributed by atoms with van der Waals surface area (Å²) in [6, 6.07) is 0.187. The minimum Gasteiger partial charge on any atom is -0.352 e. The maximum absolute atomic E-state index is 12.3. The first-order chi connectivity index (χ1) is 8.33. The van der Waals surface area contributed by atoms with Crippen LogP contribution < -0.4 is 10.6 Å². The summed E-state index contributed by atoms with van der Waals surface area (Å²) in [5.74, 6) is 0.158. The summed E-state index contributed by atoms with van der Waals surface area (Å²) in [6.45, 7) is 8.38. The van der Waals surface area contributed by atoms with E-state index in [-0.39, 0.29) is 23.4 Å². The Morgan fingerprint density at radius 1 is 1.50 bits per heavy atom. The number of rotatable bonds is 5. The molecule has 1 amide bonds. The molecule has 0 aliphatic carbocycles. The Balaban J connectivity index is 2.43. The van der Waals surface area contributed by atoms with E-state index in [9.17, 15) is 4.79 Å². The van der Waals surface area contributed by atoms with Crippen molar-refractivity contribution in [1.82, 2.24) is 15.5 Å². The average Bonchev–Trinajstić information content (AvgIpc) is 2.25. The number of carbonyl (C=O) groups is 1. The lowest BCUT2D eigenvalue weighted by atomic mass is 9.77. The molecule has 0 spiro atoms. The van der Waals surface area contributed by atoms with Crippen LogP contribution in [-0.2, 0) is 4.79 Å². The van der Waals surface area contributed by atoms with Gasteiger partial charge in [-0.2, -0.15) is 0 Å². The quantitative estimate of drug-likeness (QED) is 0.776. The Morgan fingerprint density at radius 2 is 2.17 bits per heavy atom. The lowest BCUT2D eigenvalue weighted by Crippen LogP contribution is -2.57. The van der Waals surface area contributed by atoms with Gasteiger partial charge >= 0.3 is 0 Å². The van der Waals surface area contributed by atoms with Crippen molar-refractivity contribution in [2.24, 2.45) is 5.41 Å². The molecule has 1 fully saturated rings. The van der Waals surface area contributed by atoms with Gasteiger partial charge in [-0.25, -0.2) is 0 Å². The van der Waals surface area contributed by atoms with Gasteiger partial charge in [0.15, 0.2) is 0 Å². The van der Waals surface area contributed by atoms with Crippen LogP contribution in [0.15, 0.2) is 0 Å². The Bertz CT molecular complexity index is 276. The molecule has 106 valence electrons. The van der Waals surface area contributed by atoms with Crippen LogP contribution in [0.4, 0.5) is 0 Å². The van der Waals surface area contributed by atoms with Crippen molar-refractivity contribution in [3.63, 3.8) is 0 Å². The van der Waals surface area contributed by atoms with Gasteiger partial charge in [0, 0.05) is 6.04 Å². The summed E-state index contributed by atoms with van der Waals surface area (Å²) < 4.78 is 0. The van der Waals surface area contributed by atoms with Gasteiger partial charge in [0.2, 0.25) is 5.91 Å². The smallest absolute Gasteiger partial charge is 0.237 e. The van der Waals surface area contributed by atoms with E-state index in [0.29, 0.717) is 0 Å². The summed E-state index contributed by atoms with van der Waals surface area (Å²) in [4.78, 5) is 14.4. The Morgan fingerprint density at radius 3 is 2.72 bits per heavy atom. The monoisotopic (exact) mass is 255 g/mol. The maximum atomic E-state index is 12.3. The van der Waals surface area contributed by atoms with E-state index >= 15 is 0 Å². The third kappa shape index (κ3) is 4.58. The number of nitrogens with one attached hydrogen (secondary N) is 2. The van der Waals surface area contributed by atoms with Gasteiger partial charge in [0.05, 0.1) is 6.04 Å². The van der Waals surface area contributed by atoms with Crippen molar-refractivity contribution in [1.29, 1.82) is 0 Å². The molecule has 1 heterocycles. The fourth-order valence-electron chi connectivity index (χ4n) is 2.51. The van der Waals surface area contributed by atoms with E-state index in [1.165, 1.54) is 0 Å². The van der Waals surface area contributed by atoms with Crippen LogP contribution >= 0.6 is 0 Å². The molecule has 0 aromatic carbocycles. The molecular formula is C14H29N3O. The van der Waals surface area contributed by atoms with Gasteiger partial charge < -0.3 is 15.5 Å². The molecule has 1 saturated heterocycles. The molecule has 1 aliphatic heterocycles. The molecule has 18 heavy (non-hydrogen) atoms. The van der Waals surface area contributed by atoms with Crippen LogP contribution in [0.3, 0.4) is 0 Å². The average molecular weight is 255 g/mol. The molecule has 1 rings (SSSR count). The Labute approximate surface area is 111 Å². The Hall–Kier alpha value is -0.610. The van der Waals surface area contributed by atoms with Crippen molar-refractivity contribution < 1.29 is 4.79 Å². The molecule has 4 nitrogen and oxygen atoms in total. The highest BCUT2D eigenvalue weighted by atomic mass is 16.2. The predicted molar refractivity (Wildman–Crippen MR) is 75.6 cm³/mol. The summed E-state index contributed by atoms with van der Waals surface area (Å²) in [5.41, 5.74) is 0.0591. The molecule has 0 aromatic heterocycles. The highest BCUT2D eigenvalue weighted by Crippen LogP contribution is 2.30. The fraction of sp³-hybridized carbons (Fsp3) is 0.929. The van der Waals surface area contributed by atoms with Gasteiger partial charge in [-0.1, -0.05) is 13.8 Å². The molecule has 2 N–H and O–H groups in total. The van der Waals surface area contributed by atoms with Crippen molar-refractivity contribution >= 4 is 5.91 Å². The van der Waals surface area contributed by atoms with Gasteiger partial charge in [0.25, 0.3) is 0 Å². The molecule has 0 aromatic rings. The zero-order valence-electron chi connectivity index (χ0n) is 12.5. The number of hydrogen-bond acceptors (Lipinski definition) is 3. The fourth-order valence-corrected chi connectivity index (χ4v) is 2.51. The van der Waals surface area contributed by atoms with Crippen molar-refractivity contribution in [2.75, 3.05) is 27.2 Å². The van der Waals surface area contributed by atoms with Crippen LogP contribution in [0.5, 0.6) is 0 Å². The van der Waals surface area contributed by atoms with Crippen molar-refractivity contribution in [3.05, 3.63) is 0 Å². The van der Waals surface area contributed by atoms with Crippen LogP contribution in [0.1, 0.15) is 40.0 Å². The van der Waals surface area contributed by atoms with E-state index < -0.39 is 0 Å². The number of nitrogens with zero attached hydrogens (tertiary/aromatic N) is 1.